The van der Waals surface area contributed by atoms with E-state index < -0.39 is 5.54 Å². The van der Waals surface area contributed by atoms with Gasteiger partial charge in [0.2, 0.25) is 5.91 Å². The summed E-state index contributed by atoms with van der Waals surface area (Å²) in [4.78, 5) is 21.2. The topological polar surface area (TPSA) is 74.0 Å². The molecule has 2 aliphatic carbocycles. The minimum absolute atomic E-state index is 0.262. The number of fused-ring (bicyclic) bond motifs is 3. The Balaban J connectivity index is 1.36. The summed E-state index contributed by atoms with van der Waals surface area (Å²) in [6, 6.07) is 8.89. The predicted octanol–water partition coefficient (Wildman–Crippen LogP) is 1.42. The third-order valence-corrected chi connectivity index (χ3v) is 6.96. The van der Waals surface area contributed by atoms with Crippen LogP contribution >= 0.6 is 0 Å². The maximum atomic E-state index is 11.7. The molecule has 3 aliphatic rings. The molecule has 3 atom stereocenters. The van der Waals surface area contributed by atoms with E-state index in [1.807, 2.05) is 13.8 Å². The van der Waals surface area contributed by atoms with E-state index in [0.717, 1.165) is 57.1 Å². The lowest BCUT2D eigenvalue weighted by Gasteiger charge is -2.43. The molecule has 1 aromatic rings. The minimum Gasteiger partial charge on any atom is -0.368 e. The molecule has 28 heavy (non-hydrogen) atoms. The van der Waals surface area contributed by atoms with E-state index in [4.69, 9.17) is 10.7 Å². The van der Waals surface area contributed by atoms with Crippen molar-refractivity contribution in [2.75, 3.05) is 39.3 Å². The van der Waals surface area contributed by atoms with E-state index >= 15 is 0 Å². The van der Waals surface area contributed by atoms with Gasteiger partial charge in [-0.3, -0.25) is 14.7 Å². The van der Waals surface area contributed by atoms with Crippen LogP contribution in [0.5, 0.6) is 0 Å². The molecule has 1 saturated carbocycles. The SMILES string of the molecule is CCNC(=NCC1C2Cc3ccccc3C12)N1CCN(C(C)(C)C(N)=O)CC1. The number of carbonyl (C=O) groups is 1. The molecule has 6 nitrogen and oxygen atoms in total. The number of hydrogen-bond acceptors (Lipinski definition) is 3. The first-order valence-electron chi connectivity index (χ1n) is 10.6. The molecule has 1 saturated heterocycles. The van der Waals surface area contributed by atoms with Crippen molar-refractivity contribution in [1.82, 2.24) is 15.1 Å². The summed E-state index contributed by atoms with van der Waals surface area (Å²) < 4.78 is 0. The fraction of sp³-hybridized carbons (Fsp3) is 0.636. The van der Waals surface area contributed by atoms with Crippen LogP contribution in [0.1, 0.15) is 37.8 Å². The molecule has 1 heterocycles. The molecule has 1 amide bonds. The van der Waals surface area contributed by atoms with Crippen molar-refractivity contribution in [2.24, 2.45) is 22.6 Å². The molecule has 3 unspecified atom stereocenters. The second-order valence-electron chi connectivity index (χ2n) is 8.85. The van der Waals surface area contributed by atoms with Crippen LogP contribution in [0.2, 0.25) is 0 Å². The number of piperazine rings is 1. The van der Waals surface area contributed by atoms with Gasteiger partial charge in [-0.05, 0) is 56.1 Å². The average molecular weight is 384 g/mol. The van der Waals surface area contributed by atoms with Gasteiger partial charge < -0.3 is 16.0 Å². The first-order valence-corrected chi connectivity index (χ1v) is 10.6. The minimum atomic E-state index is -0.597. The van der Waals surface area contributed by atoms with Crippen LogP contribution in [-0.4, -0.2) is 66.5 Å². The van der Waals surface area contributed by atoms with Gasteiger partial charge in [0.15, 0.2) is 5.96 Å². The number of carbonyl (C=O) groups excluding carboxylic acids is 1. The zero-order chi connectivity index (χ0) is 19.9. The summed E-state index contributed by atoms with van der Waals surface area (Å²) in [6.45, 7) is 11.1. The molecule has 2 fully saturated rings. The number of nitrogens with two attached hydrogens (primary N) is 1. The number of nitrogens with zero attached hydrogens (tertiary/aromatic N) is 3. The Morgan fingerprint density at radius 1 is 1.25 bits per heavy atom. The second-order valence-corrected chi connectivity index (χ2v) is 8.85. The van der Waals surface area contributed by atoms with Crippen molar-refractivity contribution in [2.45, 2.75) is 38.6 Å². The molecule has 152 valence electrons. The van der Waals surface area contributed by atoms with Gasteiger partial charge in [-0.15, -0.1) is 0 Å². The maximum absolute atomic E-state index is 11.7. The summed E-state index contributed by atoms with van der Waals surface area (Å²) in [5, 5.41) is 3.46. The van der Waals surface area contributed by atoms with Crippen LogP contribution in [0.25, 0.3) is 0 Å². The number of aliphatic imine (C=N–C) groups is 1. The Morgan fingerprint density at radius 2 is 1.96 bits per heavy atom. The summed E-state index contributed by atoms with van der Waals surface area (Å²) in [5.74, 6) is 2.95. The Kier molecular flexibility index (Phi) is 5.08. The van der Waals surface area contributed by atoms with Gasteiger partial charge in [-0.2, -0.15) is 0 Å². The Hall–Kier alpha value is -2.08. The Morgan fingerprint density at radius 3 is 2.64 bits per heavy atom. The van der Waals surface area contributed by atoms with Crippen LogP contribution < -0.4 is 11.1 Å². The number of nitrogens with one attached hydrogen (secondary N) is 1. The van der Waals surface area contributed by atoms with Gasteiger partial charge in [0, 0.05) is 39.3 Å². The molecule has 3 N–H and O–H groups in total. The number of amides is 1. The highest BCUT2D eigenvalue weighted by Crippen LogP contribution is 2.61. The lowest BCUT2D eigenvalue weighted by molar-refractivity contribution is -0.129. The van der Waals surface area contributed by atoms with Crippen molar-refractivity contribution in [3.63, 3.8) is 0 Å². The zero-order valence-electron chi connectivity index (χ0n) is 17.3. The fourth-order valence-corrected chi connectivity index (χ4v) is 4.98. The van der Waals surface area contributed by atoms with Crippen LogP contribution in [0.3, 0.4) is 0 Å². The Bertz CT molecular complexity index is 766. The quantitative estimate of drug-likeness (QED) is 0.596. The van der Waals surface area contributed by atoms with Crippen molar-refractivity contribution < 1.29 is 4.79 Å². The molecule has 1 aliphatic heterocycles. The van der Waals surface area contributed by atoms with E-state index in [-0.39, 0.29) is 5.91 Å². The van der Waals surface area contributed by atoms with Gasteiger partial charge in [0.1, 0.15) is 0 Å². The standard InChI is InChI=1S/C22H33N5O/c1-4-24-21(26-9-11-27(12-10-26)22(2,3)20(23)28)25-14-18-17-13-15-7-5-6-8-16(15)19(17)18/h5-8,17-19H,4,9-14H2,1-3H3,(H2,23,28)(H,24,25). The van der Waals surface area contributed by atoms with Crippen LogP contribution in [-0.2, 0) is 11.2 Å². The summed E-state index contributed by atoms with van der Waals surface area (Å²) in [5.41, 5.74) is 8.08. The highest BCUT2D eigenvalue weighted by Gasteiger charge is 2.55. The fourth-order valence-electron chi connectivity index (χ4n) is 4.98. The Labute approximate surface area is 168 Å². The molecule has 6 heteroatoms. The van der Waals surface area contributed by atoms with E-state index in [2.05, 4.69) is 46.3 Å². The van der Waals surface area contributed by atoms with Crippen LogP contribution in [0, 0.1) is 11.8 Å². The van der Waals surface area contributed by atoms with E-state index in [1.54, 1.807) is 5.56 Å². The van der Waals surface area contributed by atoms with E-state index in [9.17, 15) is 4.79 Å². The van der Waals surface area contributed by atoms with Gasteiger partial charge in [-0.1, -0.05) is 24.3 Å². The lowest BCUT2D eigenvalue weighted by Crippen LogP contribution is -2.61. The summed E-state index contributed by atoms with van der Waals surface area (Å²) in [6.07, 6.45) is 1.22. The largest absolute Gasteiger partial charge is 0.368 e. The molecular formula is C22H33N5O. The molecule has 0 aromatic heterocycles. The molecular weight excluding hydrogens is 350 g/mol. The van der Waals surface area contributed by atoms with Crippen molar-refractivity contribution in [1.29, 1.82) is 0 Å². The second kappa shape index (κ2) is 7.39. The number of rotatable bonds is 5. The van der Waals surface area contributed by atoms with Crippen molar-refractivity contribution >= 4 is 11.9 Å². The first-order chi connectivity index (χ1) is 13.4. The first kappa shape index (κ1) is 19.2. The predicted molar refractivity (Wildman–Crippen MR) is 112 cm³/mol. The van der Waals surface area contributed by atoms with E-state index in [1.165, 1.54) is 12.0 Å². The molecule has 4 rings (SSSR count). The highest BCUT2D eigenvalue weighted by atomic mass is 16.1. The average Bonchev–Trinajstić information content (AvgIpc) is 3.22. The maximum Gasteiger partial charge on any atom is 0.237 e. The van der Waals surface area contributed by atoms with Gasteiger partial charge in [-0.25, -0.2) is 0 Å². The van der Waals surface area contributed by atoms with Gasteiger partial charge in [0.05, 0.1) is 5.54 Å². The molecule has 0 spiro atoms. The molecule has 0 bridgehead atoms. The number of primary amides is 1. The van der Waals surface area contributed by atoms with Gasteiger partial charge in [0.25, 0.3) is 0 Å². The number of benzene rings is 1. The summed E-state index contributed by atoms with van der Waals surface area (Å²) >= 11 is 0. The summed E-state index contributed by atoms with van der Waals surface area (Å²) in [7, 11) is 0. The monoisotopic (exact) mass is 383 g/mol. The highest BCUT2D eigenvalue weighted by molar-refractivity contribution is 5.84. The third-order valence-electron chi connectivity index (χ3n) is 6.96. The number of hydrogen-bond donors (Lipinski definition) is 2. The van der Waals surface area contributed by atoms with Crippen molar-refractivity contribution in [3.05, 3.63) is 35.4 Å². The smallest absolute Gasteiger partial charge is 0.237 e. The van der Waals surface area contributed by atoms with Crippen LogP contribution in [0.4, 0.5) is 0 Å². The normalized spacial score (nSPS) is 27.3. The van der Waals surface area contributed by atoms with E-state index in [0.29, 0.717) is 5.92 Å². The lowest BCUT2D eigenvalue weighted by atomic mass is 10.0. The third kappa shape index (κ3) is 3.39. The van der Waals surface area contributed by atoms with Crippen molar-refractivity contribution in [3.8, 4) is 0 Å². The molecule has 1 aromatic carbocycles. The number of guanidine groups is 1. The van der Waals surface area contributed by atoms with Gasteiger partial charge >= 0.3 is 0 Å². The molecule has 0 radical (unpaired) electrons. The zero-order valence-corrected chi connectivity index (χ0v) is 17.3. The van der Waals surface area contributed by atoms with Crippen LogP contribution in [0.15, 0.2) is 29.3 Å².